The maximum atomic E-state index is 13.6. The summed E-state index contributed by atoms with van der Waals surface area (Å²) in [5, 5.41) is 10.6. The van der Waals surface area contributed by atoms with Crippen LogP contribution in [0.5, 0.6) is 17.2 Å². The topological polar surface area (TPSA) is 99.4 Å². The number of rotatable bonds is 4. The number of aromatic hydroxyl groups is 1. The SMILES string of the molecule is CCOC(=O)C1=C(C)N=c2s/c(=C\c3cc(Cl)ccc3O)c(=O)n2[C@@H]1c1ccc2c(c1)OCO2. The monoisotopic (exact) mass is 498 g/mol. The second kappa shape index (κ2) is 8.66. The van der Waals surface area contributed by atoms with Gasteiger partial charge in [-0.25, -0.2) is 9.79 Å². The van der Waals surface area contributed by atoms with Gasteiger partial charge in [0.1, 0.15) is 5.75 Å². The Bertz CT molecular complexity index is 1540. The lowest BCUT2D eigenvalue weighted by Gasteiger charge is -2.24. The molecule has 0 amide bonds. The van der Waals surface area contributed by atoms with Crippen molar-refractivity contribution in [3.8, 4) is 17.2 Å². The second-order valence-electron chi connectivity index (χ2n) is 7.62. The minimum absolute atomic E-state index is 0.00838. The fraction of sp³-hybridized carbons (Fsp3) is 0.208. The van der Waals surface area contributed by atoms with Gasteiger partial charge in [-0.1, -0.05) is 29.0 Å². The lowest BCUT2D eigenvalue weighted by atomic mass is 9.95. The number of hydrogen-bond donors (Lipinski definition) is 1. The van der Waals surface area contributed by atoms with Gasteiger partial charge in [0.05, 0.1) is 28.5 Å². The molecule has 1 atom stereocenters. The standard InChI is InChI=1S/C24H19ClN2O6S/c1-3-31-23(30)20-12(2)26-24-27(21(20)13-4-7-17-18(9-13)33-11-32-17)22(29)19(34-24)10-14-8-15(25)5-6-16(14)28/h4-10,21,28H,3,11H2,1-2H3/b19-10-/t21-/m1/s1. The quantitative estimate of drug-likeness (QED) is 0.555. The van der Waals surface area contributed by atoms with Gasteiger partial charge >= 0.3 is 5.97 Å². The van der Waals surface area contributed by atoms with E-state index in [-0.39, 0.29) is 30.3 Å². The molecule has 3 aromatic rings. The van der Waals surface area contributed by atoms with Crippen LogP contribution in [0.25, 0.3) is 6.08 Å². The van der Waals surface area contributed by atoms with E-state index in [1.165, 1.54) is 10.6 Å². The number of nitrogens with zero attached hydrogens (tertiary/aromatic N) is 2. The molecule has 0 bridgehead atoms. The molecule has 3 heterocycles. The summed E-state index contributed by atoms with van der Waals surface area (Å²) in [6, 6.07) is 9.10. The molecule has 0 aliphatic carbocycles. The van der Waals surface area contributed by atoms with Crippen molar-refractivity contribution in [2.45, 2.75) is 19.9 Å². The predicted octanol–water partition coefficient (Wildman–Crippen LogP) is 2.89. The molecule has 0 spiro atoms. The maximum absolute atomic E-state index is 13.6. The minimum atomic E-state index is -0.778. The Morgan fingerprint density at radius 1 is 1.29 bits per heavy atom. The first-order valence-electron chi connectivity index (χ1n) is 10.4. The van der Waals surface area contributed by atoms with Crippen LogP contribution in [0.2, 0.25) is 5.02 Å². The highest BCUT2D eigenvalue weighted by molar-refractivity contribution is 7.07. The molecule has 0 unspecified atom stereocenters. The van der Waals surface area contributed by atoms with Gasteiger partial charge in [-0.3, -0.25) is 9.36 Å². The number of allylic oxidation sites excluding steroid dienone is 1. The van der Waals surface area contributed by atoms with Crippen molar-refractivity contribution < 1.29 is 24.1 Å². The molecule has 0 saturated heterocycles. The smallest absolute Gasteiger partial charge is 0.338 e. The number of aromatic nitrogens is 1. The third-order valence-electron chi connectivity index (χ3n) is 5.51. The summed E-state index contributed by atoms with van der Waals surface area (Å²) in [6.45, 7) is 3.72. The first-order chi connectivity index (χ1) is 16.4. The molecule has 1 N–H and O–H groups in total. The molecule has 0 saturated carbocycles. The second-order valence-corrected chi connectivity index (χ2v) is 9.06. The molecule has 2 aromatic carbocycles. The number of thiazole rings is 1. The van der Waals surface area contributed by atoms with Gasteiger partial charge in [0.15, 0.2) is 16.3 Å². The molecule has 174 valence electrons. The van der Waals surface area contributed by atoms with E-state index in [4.69, 9.17) is 25.8 Å². The number of halogens is 1. The van der Waals surface area contributed by atoms with E-state index in [2.05, 4.69) is 4.99 Å². The zero-order valence-corrected chi connectivity index (χ0v) is 19.8. The Labute approximate surface area is 202 Å². The van der Waals surface area contributed by atoms with E-state index >= 15 is 0 Å². The molecular weight excluding hydrogens is 480 g/mol. The number of hydrogen-bond acceptors (Lipinski definition) is 8. The molecular formula is C24H19ClN2O6S. The summed E-state index contributed by atoms with van der Waals surface area (Å²) in [6.07, 6.45) is 1.56. The summed E-state index contributed by atoms with van der Waals surface area (Å²) >= 11 is 7.22. The van der Waals surface area contributed by atoms with Crippen LogP contribution < -0.4 is 24.4 Å². The van der Waals surface area contributed by atoms with Gasteiger partial charge in [0, 0.05) is 10.6 Å². The van der Waals surface area contributed by atoms with Crippen LogP contribution in [0.4, 0.5) is 0 Å². The average molecular weight is 499 g/mol. The third-order valence-corrected chi connectivity index (χ3v) is 6.72. The number of benzene rings is 2. The van der Waals surface area contributed by atoms with Crippen LogP contribution in [0, 0.1) is 0 Å². The number of phenolic OH excluding ortho intramolecular Hbond substituents is 1. The lowest BCUT2D eigenvalue weighted by molar-refractivity contribution is -0.139. The summed E-state index contributed by atoms with van der Waals surface area (Å²) in [4.78, 5) is 31.5. The number of carbonyl (C=O) groups excluding carboxylic acids is 1. The molecule has 8 nitrogen and oxygen atoms in total. The summed E-state index contributed by atoms with van der Waals surface area (Å²) in [5.74, 6) is 0.562. The van der Waals surface area contributed by atoms with Crippen LogP contribution in [0.3, 0.4) is 0 Å². The van der Waals surface area contributed by atoms with Crippen molar-refractivity contribution in [3.63, 3.8) is 0 Å². The van der Waals surface area contributed by atoms with E-state index in [1.807, 2.05) is 0 Å². The minimum Gasteiger partial charge on any atom is -0.507 e. The van der Waals surface area contributed by atoms with Crippen molar-refractivity contribution in [1.82, 2.24) is 4.57 Å². The summed E-state index contributed by atoms with van der Waals surface area (Å²) in [7, 11) is 0. The van der Waals surface area contributed by atoms with Gasteiger partial charge in [0.2, 0.25) is 6.79 Å². The Morgan fingerprint density at radius 2 is 2.09 bits per heavy atom. The van der Waals surface area contributed by atoms with E-state index in [0.29, 0.717) is 42.7 Å². The predicted molar refractivity (Wildman–Crippen MR) is 126 cm³/mol. The Kier molecular flexibility index (Phi) is 5.66. The van der Waals surface area contributed by atoms with Crippen LogP contribution in [0.15, 0.2) is 57.5 Å². The van der Waals surface area contributed by atoms with Gasteiger partial charge in [0.25, 0.3) is 5.56 Å². The van der Waals surface area contributed by atoms with Crippen LogP contribution in [-0.2, 0) is 9.53 Å². The number of esters is 1. The van der Waals surface area contributed by atoms with Crippen molar-refractivity contribution in [3.05, 3.63) is 83.5 Å². The maximum Gasteiger partial charge on any atom is 0.338 e. The lowest BCUT2D eigenvalue weighted by Crippen LogP contribution is -2.39. The number of ether oxygens (including phenoxy) is 3. The molecule has 10 heteroatoms. The molecule has 2 aliphatic heterocycles. The van der Waals surface area contributed by atoms with Gasteiger partial charge in [-0.2, -0.15) is 0 Å². The van der Waals surface area contributed by atoms with E-state index < -0.39 is 12.0 Å². The molecule has 1 aromatic heterocycles. The van der Waals surface area contributed by atoms with E-state index in [1.54, 1.807) is 50.3 Å². The Morgan fingerprint density at radius 3 is 2.88 bits per heavy atom. The number of fused-ring (bicyclic) bond motifs is 2. The zero-order chi connectivity index (χ0) is 24.0. The fourth-order valence-electron chi connectivity index (χ4n) is 3.97. The van der Waals surface area contributed by atoms with Crippen LogP contribution >= 0.6 is 22.9 Å². The normalized spacial score (nSPS) is 16.9. The Hall–Kier alpha value is -3.56. The largest absolute Gasteiger partial charge is 0.507 e. The molecule has 0 radical (unpaired) electrons. The summed E-state index contributed by atoms with van der Waals surface area (Å²) < 4.78 is 18.0. The zero-order valence-electron chi connectivity index (χ0n) is 18.2. The van der Waals surface area contributed by atoms with Crippen LogP contribution in [0.1, 0.15) is 31.0 Å². The summed E-state index contributed by atoms with van der Waals surface area (Å²) in [5.41, 5.74) is 1.42. The molecule has 34 heavy (non-hydrogen) atoms. The number of carbonyl (C=O) groups is 1. The van der Waals surface area contributed by atoms with Gasteiger partial charge in [-0.05, 0) is 55.8 Å². The molecule has 2 aliphatic rings. The van der Waals surface area contributed by atoms with E-state index in [9.17, 15) is 14.7 Å². The van der Waals surface area contributed by atoms with Crippen molar-refractivity contribution in [1.29, 1.82) is 0 Å². The first-order valence-corrected chi connectivity index (χ1v) is 11.6. The van der Waals surface area contributed by atoms with Gasteiger partial charge < -0.3 is 19.3 Å². The molecule has 0 fully saturated rings. The third kappa shape index (κ3) is 3.76. The van der Waals surface area contributed by atoms with E-state index in [0.717, 1.165) is 11.3 Å². The highest BCUT2D eigenvalue weighted by atomic mass is 35.5. The van der Waals surface area contributed by atoms with Gasteiger partial charge in [-0.15, -0.1) is 0 Å². The van der Waals surface area contributed by atoms with Crippen molar-refractivity contribution in [2.24, 2.45) is 4.99 Å². The highest BCUT2D eigenvalue weighted by Crippen LogP contribution is 2.38. The average Bonchev–Trinajstić information content (AvgIpc) is 3.39. The number of phenols is 1. The fourth-order valence-corrected chi connectivity index (χ4v) is 5.19. The highest BCUT2D eigenvalue weighted by Gasteiger charge is 2.34. The van der Waals surface area contributed by atoms with Crippen molar-refractivity contribution >= 4 is 35.0 Å². The molecule has 5 rings (SSSR count). The van der Waals surface area contributed by atoms with Crippen LogP contribution in [-0.4, -0.2) is 29.0 Å². The Balaban J connectivity index is 1.74. The van der Waals surface area contributed by atoms with Crippen molar-refractivity contribution in [2.75, 3.05) is 13.4 Å². The first kappa shape index (κ1) is 22.2.